The topological polar surface area (TPSA) is 43.8 Å². The highest BCUT2D eigenvalue weighted by Gasteiger charge is 2.09. The first kappa shape index (κ1) is 14.7. The summed E-state index contributed by atoms with van der Waals surface area (Å²) in [6.07, 6.45) is 0.766. The molecule has 0 bridgehead atoms. The quantitative estimate of drug-likeness (QED) is 0.695. The minimum absolute atomic E-state index is 0.508. The van der Waals surface area contributed by atoms with Gasteiger partial charge in [-0.2, -0.15) is 0 Å². The molecule has 2 aromatic carbocycles. The number of nitrogens with zero attached hydrogens (tertiary/aromatic N) is 2. The Morgan fingerprint density at radius 2 is 1.95 bits per heavy atom. The highest BCUT2D eigenvalue weighted by molar-refractivity contribution is 9.10. The molecule has 0 saturated carbocycles. The van der Waals surface area contributed by atoms with Gasteiger partial charge in [0.1, 0.15) is 0 Å². The van der Waals surface area contributed by atoms with Gasteiger partial charge in [-0.25, -0.2) is 4.98 Å². The number of hydrogen-bond acceptors (Lipinski definition) is 2. The fourth-order valence-corrected chi connectivity index (χ4v) is 3.17. The molecule has 3 rings (SSSR count). The second-order valence-electron chi connectivity index (χ2n) is 4.74. The summed E-state index contributed by atoms with van der Waals surface area (Å²) in [4.78, 5) is 4.38. The molecule has 3 aromatic rings. The van der Waals surface area contributed by atoms with Crippen LogP contribution in [0.1, 0.15) is 5.56 Å². The summed E-state index contributed by atoms with van der Waals surface area (Å²) < 4.78 is 2.98. The maximum atomic E-state index is 6.20. The number of benzene rings is 2. The van der Waals surface area contributed by atoms with Gasteiger partial charge in [-0.15, -0.1) is 0 Å². The molecular weight excluding hydrogens is 373 g/mol. The van der Waals surface area contributed by atoms with E-state index in [2.05, 4.69) is 20.9 Å². The molecule has 0 unspecified atom stereocenters. The first-order chi connectivity index (χ1) is 10.0. The first-order valence-electron chi connectivity index (χ1n) is 6.40. The molecule has 1 heterocycles. The summed E-state index contributed by atoms with van der Waals surface area (Å²) in [6, 6.07) is 11.5. The van der Waals surface area contributed by atoms with Crippen LogP contribution in [-0.4, -0.2) is 9.55 Å². The number of nitrogen functional groups attached to an aromatic ring is 1. The highest BCUT2D eigenvalue weighted by Crippen LogP contribution is 2.25. The molecule has 0 radical (unpaired) electrons. The number of imidazole rings is 1. The summed E-state index contributed by atoms with van der Waals surface area (Å²) >= 11 is 15.6. The number of rotatable bonds is 3. The lowest BCUT2D eigenvalue weighted by Crippen LogP contribution is -2.06. The third kappa shape index (κ3) is 3.03. The average Bonchev–Trinajstić information content (AvgIpc) is 2.72. The smallest absolute Gasteiger partial charge is 0.201 e. The number of hydrogen-bond donors (Lipinski definition) is 1. The second-order valence-corrected chi connectivity index (χ2v) is 6.50. The monoisotopic (exact) mass is 383 g/mol. The molecule has 0 atom stereocenters. The van der Waals surface area contributed by atoms with Gasteiger partial charge in [0, 0.05) is 21.1 Å². The fraction of sp³-hybridized carbons (Fsp3) is 0.133. The zero-order valence-corrected chi connectivity index (χ0v) is 14.1. The van der Waals surface area contributed by atoms with E-state index in [0.717, 1.165) is 27.5 Å². The standard InChI is InChI=1S/C15H12BrCl2N3/c16-10-2-4-14-13(7-10)20-15(19)21(14)6-5-9-1-3-11(17)8-12(9)18/h1-4,7-8H,5-6H2,(H2,19,20). The van der Waals surface area contributed by atoms with E-state index in [1.165, 1.54) is 0 Å². The van der Waals surface area contributed by atoms with Crippen LogP contribution in [0.5, 0.6) is 0 Å². The molecule has 0 amide bonds. The number of aryl methyl sites for hydroxylation is 2. The molecule has 0 saturated heterocycles. The molecular formula is C15H12BrCl2N3. The molecule has 0 aliphatic rings. The minimum Gasteiger partial charge on any atom is -0.369 e. The van der Waals surface area contributed by atoms with E-state index in [-0.39, 0.29) is 0 Å². The highest BCUT2D eigenvalue weighted by atomic mass is 79.9. The number of anilines is 1. The minimum atomic E-state index is 0.508. The van der Waals surface area contributed by atoms with E-state index in [4.69, 9.17) is 28.9 Å². The van der Waals surface area contributed by atoms with Gasteiger partial charge in [0.25, 0.3) is 0 Å². The van der Waals surface area contributed by atoms with Crippen LogP contribution in [-0.2, 0) is 13.0 Å². The maximum Gasteiger partial charge on any atom is 0.201 e. The third-order valence-corrected chi connectivity index (χ3v) is 4.44. The van der Waals surface area contributed by atoms with Crippen molar-refractivity contribution in [3.05, 3.63) is 56.5 Å². The van der Waals surface area contributed by atoms with Gasteiger partial charge in [0.2, 0.25) is 5.95 Å². The van der Waals surface area contributed by atoms with Crippen molar-refractivity contribution in [3.8, 4) is 0 Å². The van der Waals surface area contributed by atoms with E-state index in [9.17, 15) is 0 Å². The molecule has 0 aliphatic heterocycles. The van der Waals surface area contributed by atoms with E-state index in [1.807, 2.05) is 34.9 Å². The van der Waals surface area contributed by atoms with Crippen LogP contribution < -0.4 is 5.73 Å². The Hall–Kier alpha value is -1.23. The fourth-order valence-electron chi connectivity index (χ4n) is 2.31. The molecule has 2 N–H and O–H groups in total. The molecule has 3 nitrogen and oxygen atoms in total. The molecule has 108 valence electrons. The van der Waals surface area contributed by atoms with Crippen LogP contribution in [0.3, 0.4) is 0 Å². The zero-order chi connectivity index (χ0) is 15.0. The van der Waals surface area contributed by atoms with Crippen LogP contribution in [0.15, 0.2) is 40.9 Å². The Balaban J connectivity index is 1.90. The van der Waals surface area contributed by atoms with Crippen LogP contribution in [0.2, 0.25) is 10.0 Å². The number of aromatic nitrogens is 2. The van der Waals surface area contributed by atoms with Crippen LogP contribution >= 0.6 is 39.1 Å². The van der Waals surface area contributed by atoms with Crippen molar-refractivity contribution in [1.82, 2.24) is 9.55 Å². The van der Waals surface area contributed by atoms with Crippen LogP contribution in [0.25, 0.3) is 11.0 Å². The normalized spacial score (nSPS) is 11.2. The molecule has 0 fully saturated rings. The number of fused-ring (bicyclic) bond motifs is 1. The van der Waals surface area contributed by atoms with Gasteiger partial charge < -0.3 is 10.3 Å². The van der Waals surface area contributed by atoms with Gasteiger partial charge in [-0.05, 0) is 42.3 Å². The predicted molar refractivity (Wildman–Crippen MR) is 92.0 cm³/mol. The molecule has 1 aromatic heterocycles. The van der Waals surface area contributed by atoms with Gasteiger partial charge in [-0.1, -0.05) is 45.2 Å². The summed E-state index contributed by atoms with van der Waals surface area (Å²) in [5.74, 6) is 0.508. The molecule has 0 aliphatic carbocycles. The van der Waals surface area contributed by atoms with Crippen molar-refractivity contribution in [2.45, 2.75) is 13.0 Å². The zero-order valence-electron chi connectivity index (χ0n) is 11.0. The molecule has 0 spiro atoms. The Labute approximate surface area is 140 Å². The first-order valence-corrected chi connectivity index (χ1v) is 7.94. The summed E-state index contributed by atoms with van der Waals surface area (Å²) in [5.41, 5.74) is 8.95. The van der Waals surface area contributed by atoms with E-state index in [1.54, 1.807) is 6.07 Å². The van der Waals surface area contributed by atoms with Crippen molar-refractivity contribution in [1.29, 1.82) is 0 Å². The van der Waals surface area contributed by atoms with E-state index >= 15 is 0 Å². The van der Waals surface area contributed by atoms with Crippen molar-refractivity contribution in [2.24, 2.45) is 0 Å². The second kappa shape index (κ2) is 5.87. The lowest BCUT2D eigenvalue weighted by atomic mass is 10.1. The maximum absolute atomic E-state index is 6.20. The van der Waals surface area contributed by atoms with Gasteiger partial charge in [0.05, 0.1) is 11.0 Å². The summed E-state index contributed by atoms with van der Waals surface area (Å²) in [7, 11) is 0. The van der Waals surface area contributed by atoms with Gasteiger partial charge >= 0.3 is 0 Å². The lowest BCUT2D eigenvalue weighted by Gasteiger charge is -2.08. The Bertz CT molecular complexity index is 814. The van der Waals surface area contributed by atoms with Crippen molar-refractivity contribution in [3.63, 3.8) is 0 Å². The number of nitrogens with two attached hydrogens (primary N) is 1. The van der Waals surface area contributed by atoms with Crippen molar-refractivity contribution in [2.75, 3.05) is 5.73 Å². The van der Waals surface area contributed by atoms with Crippen LogP contribution in [0, 0.1) is 0 Å². The average molecular weight is 385 g/mol. The summed E-state index contributed by atoms with van der Waals surface area (Å²) in [6.45, 7) is 0.714. The van der Waals surface area contributed by atoms with Gasteiger partial charge in [0.15, 0.2) is 0 Å². The Kier molecular flexibility index (Phi) is 4.11. The third-order valence-electron chi connectivity index (χ3n) is 3.36. The number of halogens is 3. The Morgan fingerprint density at radius 1 is 1.14 bits per heavy atom. The van der Waals surface area contributed by atoms with E-state index in [0.29, 0.717) is 22.5 Å². The van der Waals surface area contributed by atoms with Crippen molar-refractivity contribution < 1.29 is 0 Å². The lowest BCUT2D eigenvalue weighted by molar-refractivity contribution is 0.726. The largest absolute Gasteiger partial charge is 0.369 e. The van der Waals surface area contributed by atoms with E-state index < -0.39 is 0 Å². The van der Waals surface area contributed by atoms with Gasteiger partial charge in [-0.3, -0.25) is 0 Å². The Morgan fingerprint density at radius 3 is 2.71 bits per heavy atom. The summed E-state index contributed by atoms with van der Waals surface area (Å²) in [5, 5.41) is 1.31. The molecule has 21 heavy (non-hydrogen) atoms. The van der Waals surface area contributed by atoms with Crippen LogP contribution in [0.4, 0.5) is 5.95 Å². The predicted octanol–water partition coefficient (Wildman–Crippen LogP) is 4.93. The molecule has 6 heteroatoms. The van der Waals surface area contributed by atoms with Crippen molar-refractivity contribution >= 4 is 56.1 Å². The SMILES string of the molecule is Nc1nc2cc(Br)ccc2n1CCc1ccc(Cl)cc1Cl.